The number of fused-ring (bicyclic) bond motifs is 1. The average molecular weight is 309 g/mol. The lowest BCUT2D eigenvalue weighted by Crippen LogP contribution is -2.39. The largest absolute Gasteiger partial charge is 0.377 e. The first-order valence-corrected chi connectivity index (χ1v) is 8.92. The van der Waals surface area contributed by atoms with Gasteiger partial charge in [-0.25, -0.2) is 4.98 Å². The Morgan fingerprint density at radius 2 is 2.29 bits per heavy atom. The highest BCUT2D eigenvalue weighted by Crippen LogP contribution is 2.44. The number of nitrogens with zero attached hydrogens (tertiary/aromatic N) is 2. The second-order valence-electron chi connectivity index (χ2n) is 7.12. The number of hydrogen-bond donors (Lipinski definition) is 1. The Kier molecular flexibility index (Phi) is 4.26. The molecule has 0 aromatic carbocycles. The monoisotopic (exact) mass is 309 g/mol. The molecule has 118 valence electrons. The molecule has 1 aromatic heterocycles. The highest BCUT2D eigenvalue weighted by atomic mass is 32.1. The van der Waals surface area contributed by atoms with Crippen molar-refractivity contribution < 1.29 is 4.74 Å². The third-order valence-electron chi connectivity index (χ3n) is 4.52. The molecule has 1 aliphatic carbocycles. The van der Waals surface area contributed by atoms with Gasteiger partial charge in [0.25, 0.3) is 0 Å². The van der Waals surface area contributed by atoms with Gasteiger partial charge in [0, 0.05) is 30.6 Å². The Bertz CT molecular complexity index is 498. The molecule has 1 aliphatic heterocycles. The van der Waals surface area contributed by atoms with Crippen molar-refractivity contribution in [3.05, 3.63) is 10.6 Å². The maximum absolute atomic E-state index is 6.37. The van der Waals surface area contributed by atoms with Gasteiger partial charge >= 0.3 is 0 Å². The van der Waals surface area contributed by atoms with Crippen LogP contribution in [0.15, 0.2) is 0 Å². The van der Waals surface area contributed by atoms with Crippen molar-refractivity contribution in [1.82, 2.24) is 4.98 Å². The van der Waals surface area contributed by atoms with E-state index in [9.17, 15) is 0 Å². The number of anilines is 1. The van der Waals surface area contributed by atoms with E-state index in [4.69, 9.17) is 15.5 Å². The lowest BCUT2D eigenvalue weighted by atomic mass is 9.77. The van der Waals surface area contributed by atoms with Crippen LogP contribution in [0.3, 0.4) is 0 Å². The minimum absolute atomic E-state index is 0.155. The molecule has 1 aromatic rings. The standard InChI is InChI=1S/C16H27N3OS/c1-4-20-11-6-5-7-19(10-11)15-18-13-9-16(2,3)8-12(17)14(13)21-15/h11-12H,4-10,17H2,1-3H3. The van der Waals surface area contributed by atoms with E-state index in [1.54, 1.807) is 11.3 Å². The maximum Gasteiger partial charge on any atom is 0.185 e. The molecule has 0 saturated carbocycles. The lowest BCUT2D eigenvalue weighted by molar-refractivity contribution is 0.0526. The Hall–Kier alpha value is -0.650. The molecule has 2 aliphatic rings. The molecule has 0 spiro atoms. The summed E-state index contributed by atoms with van der Waals surface area (Å²) in [5.41, 5.74) is 7.87. The predicted molar refractivity (Wildman–Crippen MR) is 88.0 cm³/mol. The highest BCUT2D eigenvalue weighted by Gasteiger charge is 2.34. The average Bonchev–Trinajstić information content (AvgIpc) is 2.82. The lowest BCUT2D eigenvalue weighted by Gasteiger charge is -2.32. The Morgan fingerprint density at radius 1 is 1.48 bits per heavy atom. The van der Waals surface area contributed by atoms with E-state index in [2.05, 4.69) is 25.7 Å². The second-order valence-corrected chi connectivity index (χ2v) is 8.13. The fourth-order valence-electron chi connectivity index (χ4n) is 3.60. The summed E-state index contributed by atoms with van der Waals surface area (Å²) in [6.45, 7) is 9.52. The van der Waals surface area contributed by atoms with Crippen LogP contribution in [0.1, 0.15) is 56.6 Å². The molecule has 2 heterocycles. The first-order chi connectivity index (χ1) is 9.98. The third kappa shape index (κ3) is 3.25. The smallest absolute Gasteiger partial charge is 0.185 e. The van der Waals surface area contributed by atoms with E-state index in [1.807, 2.05) is 0 Å². The SMILES string of the molecule is CCOC1CCCN(c2nc3c(s2)C(N)CC(C)(C)C3)C1. The minimum atomic E-state index is 0.155. The van der Waals surface area contributed by atoms with E-state index in [-0.39, 0.29) is 11.5 Å². The predicted octanol–water partition coefficient (Wildman–Crippen LogP) is 3.12. The van der Waals surface area contributed by atoms with E-state index in [0.29, 0.717) is 6.10 Å². The topological polar surface area (TPSA) is 51.4 Å². The molecule has 1 saturated heterocycles. The highest BCUT2D eigenvalue weighted by molar-refractivity contribution is 7.15. The van der Waals surface area contributed by atoms with E-state index in [0.717, 1.165) is 37.7 Å². The van der Waals surface area contributed by atoms with Gasteiger partial charge < -0.3 is 15.4 Å². The fourth-order valence-corrected chi connectivity index (χ4v) is 4.72. The summed E-state index contributed by atoms with van der Waals surface area (Å²) in [4.78, 5) is 8.63. The number of rotatable bonds is 3. The number of aromatic nitrogens is 1. The van der Waals surface area contributed by atoms with Gasteiger partial charge in [-0.05, 0) is 38.0 Å². The van der Waals surface area contributed by atoms with Crippen molar-refractivity contribution in [2.24, 2.45) is 11.1 Å². The first-order valence-electron chi connectivity index (χ1n) is 8.10. The van der Waals surface area contributed by atoms with E-state index in [1.165, 1.54) is 23.4 Å². The van der Waals surface area contributed by atoms with Gasteiger partial charge in [0.2, 0.25) is 0 Å². The minimum Gasteiger partial charge on any atom is -0.377 e. The summed E-state index contributed by atoms with van der Waals surface area (Å²) in [6.07, 6.45) is 4.82. The van der Waals surface area contributed by atoms with E-state index < -0.39 is 0 Å². The number of thiazole rings is 1. The number of piperidine rings is 1. The zero-order valence-corrected chi connectivity index (χ0v) is 14.2. The molecule has 2 unspecified atom stereocenters. The van der Waals surface area contributed by atoms with Crippen LogP contribution in [0.2, 0.25) is 0 Å². The first kappa shape index (κ1) is 15.3. The van der Waals surface area contributed by atoms with Crippen LogP contribution in [0, 0.1) is 5.41 Å². The van der Waals surface area contributed by atoms with Crippen LogP contribution >= 0.6 is 11.3 Å². The summed E-state index contributed by atoms with van der Waals surface area (Å²) in [7, 11) is 0. The van der Waals surface area contributed by atoms with Gasteiger partial charge in [0.05, 0.1) is 11.8 Å². The van der Waals surface area contributed by atoms with Crippen molar-refractivity contribution in [1.29, 1.82) is 0 Å². The third-order valence-corrected chi connectivity index (χ3v) is 5.81. The van der Waals surface area contributed by atoms with Crippen molar-refractivity contribution in [2.45, 2.75) is 58.6 Å². The Labute approximate surface area is 131 Å². The van der Waals surface area contributed by atoms with Crippen molar-refractivity contribution >= 4 is 16.5 Å². The Balaban J connectivity index is 1.78. The van der Waals surface area contributed by atoms with Crippen LogP contribution in [0.25, 0.3) is 0 Å². The summed E-state index contributed by atoms with van der Waals surface area (Å²) < 4.78 is 5.80. The molecular formula is C16H27N3OS. The summed E-state index contributed by atoms with van der Waals surface area (Å²) >= 11 is 1.81. The van der Waals surface area contributed by atoms with Crippen LogP contribution in [0.4, 0.5) is 5.13 Å². The van der Waals surface area contributed by atoms with Crippen LogP contribution in [-0.2, 0) is 11.2 Å². The van der Waals surface area contributed by atoms with Crippen molar-refractivity contribution in [3.8, 4) is 0 Å². The number of hydrogen-bond acceptors (Lipinski definition) is 5. The van der Waals surface area contributed by atoms with Gasteiger partial charge in [-0.1, -0.05) is 25.2 Å². The van der Waals surface area contributed by atoms with Gasteiger partial charge in [-0.15, -0.1) is 0 Å². The van der Waals surface area contributed by atoms with Crippen LogP contribution in [0.5, 0.6) is 0 Å². The molecule has 0 bridgehead atoms. The van der Waals surface area contributed by atoms with Gasteiger partial charge in [0.15, 0.2) is 5.13 Å². The van der Waals surface area contributed by atoms with Crippen molar-refractivity contribution in [3.63, 3.8) is 0 Å². The summed E-state index contributed by atoms with van der Waals surface area (Å²) in [5, 5.41) is 1.15. The van der Waals surface area contributed by atoms with Gasteiger partial charge in [-0.3, -0.25) is 0 Å². The zero-order chi connectivity index (χ0) is 15.0. The normalized spacial score (nSPS) is 28.5. The summed E-state index contributed by atoms with van der Waals surface area (Å²) in [6, 6.07) is 0.155. The van der Waals surface area contributed by atoms with Gasteiger partial charge in [-0.2, -0.15) is 0 Å². The van der Waals surface area contributed by atoms with Crippen LogP contribution in [-0.4, -0.2) is 30.8 Å². The molecule has 21 heavy (non-hydrogen) atoms. The fraction of sp³-hybridized carbons (Fsp3) is 0.812. The second kappa shape index (κ2) is 5.86. The molecule has 0 radical (unpaired) electrons. The Morgan fingerprint density at radius 3 is 3.05 bits per heavy atom. The molecule has 2 N–H and O–H groups in total. The molecule has 2 atom stereocenters. The molecule has 4 nitrogen and oxygen atoms in total. The van der Waals surface area contributed by atoms with Crippen LogP contribution < -0.4 is 10.6 Å². The molecular weight excluding hydrogens is 282 g/mol. The zero-order valence-electron chi connectivity index (χ0n) is 13.4. The number of ether oxygens (including phenoxy) is 1. The quantitative estimate of drug-likeness (QED) is 0.932. The maximum atomic E-state index is 6.37. The molecule has 1 fully saturated rings. The number of nitrogens with two attached hydrogens (primary N) is 1. The van der Waals surface area contributed by atoms with Gasteiger partial charge in [0.1, 0.15) is 0 Å². The van der Waals surface area contributed by atoms with Crippen molar-refractivity contribution in [2.75, 3.05) is 24.6 Å². The van der Waals surface area contributed by atoms with E-state index >= 15 is 0 Å². The molecule has 0 amide bonds. The molecule has 3 rings (SSSR count). The molecule has 5 heteroatoms. The summed E-state index contributed by atoms with van der Waals surface area (Å²) in [5.74, 6) is 0.